The molecule has 19 heavy (non-hydrogen) atoms. The van der Waals surface area contributed by atoms with Crippen molar-refractivity contribution in [2.45, 2.75) is 19.9 Å². The molecule has 0 amide bonds. The third-order valence-electron chi connectivity index (χ3n) is 2.78. The maximum atomic E-state index is 5.55. The lowest BCUT2D eigenvalue weighted by atomic mass is 10.2. The fourth-order valence-corrected chi connectivity index (χ4v) is 1.87. The van der Waals surface area contributed by atoms with E-state index in [1.54, 1.807) is 0 Å². The molecule has 0 fully saturated rings. The lowest BCUT2D eigenvalue weighted by Crippen LogP contribution is -2.18. The summed E-state index contributed by atoms with van der Waals surface area (Å²) < 4.78 is 16.3. The third kappa shape index (κ3) is 5.27. The van der Waals surface area contributed by atoms with Gasteiger partial charge in [-0.2, -0.15) is 0 Å². The Morgan fingerprint density at radius 1 is 1.21 bits per heavy atom. The zero-order valence-electron chi connectivity index (χ0n) is 11.3. The summed E-state index contributed by atoms with van der Waals surface area (Å²) in [6.45, 7) is 6.73. The summed E-state index contributed by atoms with van der Waals surface area (Å²) in [6, 6.07) is 6.10. The highest BCUT2D eigenvalue weighted by Gasteiger charge is 2.11. The molecule has 0 radical (unpaired) electrons. The highest BCUT2D eigenvalue weighted by Crippen LogP contribution is 2.30. The molecule has 1 heterocycles. The molecule has 2 rings (SSSR count). The summed E-state index contributed by atoms with van der Waals surface area (Å²) >= 11 is 0. The van der Waals surface area contributed by atoms with Gasteiger partial charge in [-0.25, -0.2) is 0 Å². The van der Waals surface area contributed by atoms with Gasteiger partial charge in [0.15, 0.2) is 11.5 Å². The van der Waals surface area contributed by atoms with Crippen LogP contribution >= 0.6 is 12.4 Å². The number of hydrogen-bond acceptors (Lipinski definition) is 4. The van der Waals surface area contributed by atoms with Crippen LogP contribution in [0, 0.1) is 0 Å². The van der Waals surface area contributed by atoms with Gasteiger partial charge in [-0.05, 0) is 37.6 Å². The zero-order chi connectivity index (χ0) is 12.6. The Bertz CT molecular complexity index is 374. The summed E-state index contributed by atoms with van der Waals surface area (Å²) in [7, 11) is 0. The average Bonchev–Trinajstić information content (AvgIpc) is 2.42. The van der Waals surface area contributed by atoms with E-state index in [0.717, 1.165) is 44.2 Å². The molecule has 1 aromatic rings. The van der Waals surface area contributed by atoms with Crippen LogP contribution < -0.4 is 14.8 Å². The summed E-state index contributed by atoms with van der Waals surface area (Å²) in [5.41, 5.74) is 1.22. The van der Waals surface area contributed by atoms with Gasteiger partial charge in [-0.15, -0.1) is 12.4 Å². The largest absolute Gasteiger partial charge is 0.486 e. The monoisotopic (exact) mass is 287 g/mol. The van der Waals surface area contributed by atoms with E-state index in [4.69, 9.17) is 14.2 Å². The van der Waals surface area contributed by atoms with Gasteiger partial charge in [0.2, 0.25) is 0 Å². The number of nitrogens with one attached hydrogen (secondary N) is 1. The van der Waals surface area contributed by atoms with E-state index in [9.17, 15) is 0 Å². The second-order valence-electron chi connectivity index (χ2n) is 4.21. The second kappa shape index (κ2) is 9.02. The van der Waals surface area contributed by atoms with Gasteiger partial charge in [0.1, 0.15) is 13.2 Å². The van der Waals surface area contributed by atoms with Crippen LogP contribution in [0.1, 0.15) is 18.9 Å². The maximum absolute atomic E-state index is 5.55. The molecule has 0 bridgehead atoms. The van der Waals surface area contributed by atoms with Crippen LogP contribution in [0.3, 0.4) is 0 Å². The van der Waals surface area contributed by atoms with Crippen molar-refractivity contribution in [1.29, 1.82) is 0 Å². The van der Waals surface area contributed by atoms with E-state index in [2.05, 4.69) is 11.4 Å². The van der Waals surface area contributed by atoms with Crippen molar-refractivity contribution in [3.8, 4) is 11.5 Å². The summed E-state index contributed by atoms with van der Waals surface area (Å²) in [5.74, 6) is 1.70. The summed E-state index contributed by atoms with van der Waals surface area (Å²) in [6.07, 6.45) is 1.04. The van der Waals surface area contributed by atoms with E-state index in [0.29, 0.717) is 13.2 Å². The minimum Gasteiger partial charge on any atom is -0.486 e. The molecule has 0 atom stereocenters. The smallest absolute Gasteiger partial charge is 0.161 e. The summed E-state index contributed by atoms with van der Waals surface area (Å²) in [5, 5.41) is 3.39. The SMILES string of the molecule is CCOCCCNCc1ccc2c(c1)OCCO2.Cl. The van der Waals surface area contributed by atoms with Gasteiger partial charge in [-0.1, -0.05) is 6.07 Å². The fourth-order valence-electron chi connectivity index (χ4n) is 1.87. The quantitative estimate of drug-likeness (QED) is 0.782. The summed E-state index contributed by atoms with van der Waals surface area (Å²) in [4.78, 5) is 0. The third-order valence-corrected chi connectivity index (χ3v) is 2.78. The van der Waals surface area contributed by atoms with Crippen molar-refractivity contribution < 1.29 is 14.2 Å². The second-order valence-corrected chi connectivity index (χ2v) is 4.21. The van der Waals surface area contributed by atoms with Crippen LogP contribution in [0.25, 0.3) is 0 Å². The highest BCUT2D eigenvalue weighted by molar-refractivity contribution is 5.85. The number of halogens is 1. The highest BCUT2D eigenvalue weighted by atomic mass is 35.5. The number of hydrogen-bond donors (Lipinski definition) is 1. The van der Waals surface area contributed by atoms with Crippen LogP contribution in [0.2, 0.25) is 0 Å². The Labute approximate surface area is 120 Å². The molecule has 1 aliphatic rings. The Kier molecular flexibility index (Phi) is 7.63. The molecule has 0 aliphatic carbocycles. The molecule has 0 saturated heterocycles. The van der Waals surface area contributed by atoms with Gasteiger partial charge in [0.25, 0.3) is 0 Å². The minimum atomic E-state index is 0. The molecule has 0 spiro atoms. The predicted octanol–water partition coefficient (Wildman–Crippen LogP) is 2.40. The van der Waals surface area contributed by atoms with E-state index < -0.39 is 0 Å². The zero-order valence-corrected chi connectivity index (χ0v) is 12.1. The topological polar surface area (TPSA) is 39.7 Å². The average molecular weight is 288 g/mol. The van der Waals surface area contributed by atoms with Crippen molar-refractivity contribution in [3.63, 3.8) is 0 Å². The predicted molar refractivity (Wildman–Crippen MR) is 77.5 cm³/mol. The number of fused-ring (bicyclic) bond motifs is 1. The molecule has 108 valence electrons. The molecule has 4 nitrogen and oxygen atoms in total. The standard InChI is InChI=1S/C14H21NO3.ClH/c1-2-16-7-3-6-15-11-12-4-5-13-14(10-12)18-9-8-17-13;/h4-5,10,15H,2-3,6-9,11H2,1H3;1H. The first kappa shape index (κ1) is 16.1. The first-order valence-electron chi connectivity index (χ1n) is 6.57. The molecule has 0 aromatic heterocycles. The van der Waals surface area contributed by atoms with Crippen molar-refractivity contribution in [3.05, 3.63) is 23.8 Å². The Hall–Kier alpha value is -0.970. The lowest BCUT2D eigenvalue weighted by Gasteiger charge is -2.19. The fraction of sp³-hybridized carbons (Fsp3) is 0.571. The first-order valence-corrected chi connectivity index (χ1v) is 6.57. The van der Waals surface area contributed by atoms with Crippen LogP contribution in [-0.4, -0.2) is 33.0 Å². The van der Waals surface area contributed by atoms with Gasteiger partial charge in [0, 0.05) is 19.8 Å². The normalized spacial score (nSPS) is 12.9. The molecule has 1 aromatic carbocycles. The number of benzene rings is 1. The Balaban J connectivity index is 0.00000180. The molecule has 0 unspecified atom stereocenters. The minimum absolute atomic E-state index is 0. The Morgan fingerprint density at radius 2 is 2.00 bits per heavy atom. The maximum Gasteiger partial charge on any atom is 0.161 e. The Morgan fingerprint density at radius 3 is 2.79 bits per heavy atom. The van der Waals surface area contributed by atoms with Crippen LogP contribution in [0.15, 0.2) is 18.2 Å². The van der Waals surface area contributed by atoms with Crippen LogP contribution in [-0.2, 0) is 11.3 Å². The molecular weight excluding hydrogens is 266 g/mol. The molecular formula is C14H22ClNO3. The molecule has 0 saturated carbocycles. The van der Waals surface area contributed by atoms with E-state index in [1.165, 1.54) is 5.56 Å². The molecule has 5 heteroatoms. The number of ether oxygens (including phenoxy) is 3. The van der Waals surface area contributed by atoms with Crippen molar-refractivity contribution in [1.82, 2.24) is 5.32 Å². The number of rotatable bonds is 7. The van der Waals surface area contributed by atoms with Gasteiger partial charge >= 0.3 is 0 Å². The van der Waals surface area contributed by atoms with Crippen LogP contribution in [0.5, 0.6) is 11.5 Å². The van der Waals surface area contributed by atoms with Crippen molar-refractivity contribution >= 4 is 12.4 Å². The van der Waals surface area contributed by atoms with Gasteiger partial charge in [0.05, 0.1) is 0 Å². The van der Waals surface area contributed by atoms with Gasteiger partial charge < -0.3 is 19.5 Å². The molecule has 1 N–H and O–H groups in total. The van der Waals surface area contributed by atoms with Crippen molar-refractivity contribution in [2.24, 2.45) is 0 Å². The molecule has 1 aliphatic heterocycles. The first-order chi connectivity index (χ1) is 8.90. The van der Waals surface area contributed by atoms with Crippen molar-refractivity contribution in [2.75, 3.05) is 33.0 Å². The van der Waals surface area contributed by atoms with E-state index >= 15 is 0 Å². The van der Waals surface area contributed by atoms with Crippen LogP contribution in [0.4, 0.5) is 0 Å². The van der Waals surface area contributed by atoms with E-state index in [1.807, 2.05) is 19.1 Å². The van der Waals surface area contributed by atoms with Gasteiger partial charge in [-0.3, -0.25) is 0 Å². The van der Waals surface area contributed by atoms with E-state index in [-0.39, 0.29) is 12.4 Å². The lowest BCUT2D eigenvalue weighted by molar-refractivity contribution is 0.144.